The minimum absolute atomic E-state index is 0.0551. The second-order valence-corrected chi connectivity index (χ2v) is 3.64. The standard InChI is InChI=1S/C11H18N2O2/c12-11(13,6-8-15)10-4-2-1-3-9(10)5-7-14/h1-4,14-15H,5-8,12-13H2. The first-order chi connectivity index (χ1) is 7.11. The van der Waals surface area contributed by atoms with Gasteiger partial charge in [0.2, 0.25) is 0 Å². The van der Waals surface area contributed by atoms with Gasteiger partial charge in [0.25, 0.3) is 0 Å². The van der Waals surface area contributed by atoms with Gasteiger partial charge in [-0.05, 0) is 17.5 Å². The molecule has 0 aliphatic carbocycles. The van der Waals surface area contributed by atoms with Crippen molar-refractivity contribution in [2.75, 3.05) is 13.2 Å². The van der Waals surface area contributed by atoms with Gasteiger partial charge < -0.3 is 21.7 Å². The first-order valence-corrected chi connectivity index (χ1v) is 4.99. The molecule has 0 heterocycles. The Kier molecular flexibility index (Phi) is 4.23. The van der Waals surface area contributed by atoms with E-state index in [9.17, 15) is 0 Å². The topological polar surface area (TPSA) is 92.5 Å². The first-order valence-electron chi connectivity index (χ1n) is 4.99. The van der Waals surface area contributed by atoms with Gasteiger partial charge in [-0.2, -0.15) is 0 Å². The van der Waals surface area contributed by atoms with Crippen LogP contribution in [-0.4, -0.2) is 23.4 Å². The van der Waals surface area contributed by atoms with Gasteiger partial charge >= 0.3 is 0 Å². The molecule has 6 N–H and O–H groups in total. The molecule has 0 saturated heterocycles. The van der Waals surface area contributed by atoms with Crippen LogP contribution >= 0.6 is 0 Å². The molecule has 4 nitrogen and oxygen atoms in total. The lowest BCUT2D eigenvalue weighted by Gasteiger charge is -2.26. The summed E-state index contributed by atoms with van der Waals surface area (Å²) in [4.78, 5) is 0. The van der Waals surface area contributed by atoms with E-state index in [1.807, 2.05) is 24.3 Å². The van der Waals surface area contributed by atoms with Crippen LogP contribution in [0.4, 0.5) is 0 Å². The van der Waals surface area contributed by atoms with E-state index in [-0.39, 0.29) is 13.2 Å². The van der Waals surface area contributed by atoms with Gasteiger partial charge in [-0.25, -0.2) is 0 Å². The average Bonchev–Trinajstić information content (AvgIpc) is 2.19. The van der Waals surface area contributed by atoms with Crippen LogP contribution in [0, 0.1) is 0 Å². The zero-order valence-electron chi connectivity index (χ0n) is 8.69. The third-order valence-corrected chi connectivity index (χ3v) is 2.43. The maximum Gasteiger partial charge on any atom is 0.0924 e. The molecule has 0 aliphatic rings. The van der Waals surface area contributed by atoms with Gasteiger partial charge in [0, 0.05) is 19.6 Å². The lowest BCUT2D eigenvalue weighted by molar-refractivity contribution is 0.240. The SMILES string of the molecule is NC(N)(CCO)c1ccccc1CCO. The highest BCUT2D eigenvalue weighted by molar-refractivity contribution is 5.32. The second kappa shape index (κ2) is 5.23. The van der Waals surface area contributed by atoms with Gasteiger partial charge in [0.05, 0.1) is 5.66 Å². The number of aliphatic hydroxyl groups is 2. The minimum Gasteiger partial charge on any atom is -0.396 e. The number of aliphatic hydroxyl groups excluding tert-OH is 2. The van der Waals surface area contributed by atoms with Crippen LogP contribution in [0.15, 0.2) is 24.3 Å². The molecule has 0 spiro atoms. The molecule has 1 aromatic rings. The molecule has 0 amide bonds. The van der Waals surface area contributed by atoms with Crippen molar-refractivity contribution in [1.82, 2.24) is 0 Å². The van der Waals surface area contributed by atoms with E-state index in [0.29, 0.717) is 12.8 Å². The quantitative estimate of drug-likeness (QED) is 0.501. The fraction of sp³-hybridized carbons (Fsp3) is 0.455. The normalized spacial score (nSPS) is 11.7. The van der Waals surface area contributed by atoms with E-state index in [1.54, 1.807) is 0 Å². The number of hydrogen-bond acceptors (Lipinski definition) is 4. The lowest BCUT2D eigenvalue weighted by Crippen LogP contribution is -2.47. The van der Waals surface area contributed by atoms with E-state index in [4.69, 9.17) is 21.7 Å². The number of benzene rings is 1. The minimum atomic E-state index is -1.03. The molecule has 0 fully saturated rings. The highest BCUT2D eigenvalue weighted by atomic mass is 16.3. The Balaban J connectivity index is 3.00. The van der Waals surface area contributed by atoms with Crippen LogP contribution in [0.2, 0.25) is 0 Å². The second-order valence-electron chi connectivity index (χ2n) is 3.64. The third-order valence-electron chi connectivity index (χ3n) is 2.43. The Morgan fingerprint density at radius 3 is 2.33 bits per heavy atom. The summed E-state index contributed by atoms with van der Waals surface area (Å²) in [6, 6.07) is 7.45. The third kappa shape index (κ3) is 3.00. The van der Waals surface area contributed by atoms with Crippen molar-refractivity contribution in [1.29, 1.82) is 0 Å². The van der Waals surface area contributed by atoms with Gasteiger partial charge in [0.1, 0.15) is 0 Å². The number of nitrogens with two attached hydrogens (primary N) is 2. The zero-order chi connectivity index (χ0) is 11.3. The van der Waals surface area contributed by atoms with E-state index in [1.165, 1.54) is 0 Å². The van der Waals surface area contributed by atoms with E-state index >= 15 is 0 Å². The van der Waals surface area contributed by atoms with Gasteiger partial charge in [-0.1, -0.05) is 24.3 Å². The maximum atomic E-state index is 8.91. The summed E-state index contributed by atoms with van der Waals surface area (Å²) in [6.07, 6.45) is 0.827. The molecule has 0 bridgehead atoms. The van der Waals surface area contributed by atoms with Gasteiger partial charge in [-0.3, -0.25) is 0 Å². The Bertz CT molecular complexity index is 313. The van der Waals surface area contributed by atoms with Gasteiger partial charge in [-0.15, -0.1) is 0 Å². The van der Waals surface area contributed by atoms with Crippen LogP contribution in [0.25, 0.3) is 0 Å². The van der Waals surface area contributed by atoms with Crippen molar-refractivity contribution in [3.8, 4) is 0 Å². The summed E-state index contributed by atoms with van der Waals surface area (Å²) >= 11 is 0. The zero-order valence-corrected chi connectivity index (χ0v) is 8.69. The Morgan fingerprint density at radius 2 is 1.73 bits per heavy atom. The molecule has 0 unspecified atom stereocenters. The van der Waals surface area contributed by atoms with E-state index < -0.39 is 5.66 Å². The molecule has 1 rings (SSSR count). The predicted octanol–water partition coefficient (Wildman–Crippen LogP) is -0.326. The molecule has 0 aliphatic heterocycles. The molecule has 84 valence electrons. The summed E-state index contributed by atoms with van der Waals surface area (Å²) in [5, 5.41) is 17.8. The summed E-state index contributed by atoms with van der Waals surface area (Å²) in [6.45, 7) is 0.00662. The molecule has 15 heavy (non-hydrogen) atoms. The molecule has 1 aromatic carbocycles. The summed E-state index contributed by atoms with van der Waals surface area (Å²) < 4.78 is 0. The van der Waals surface area contributed by atoms with E-state index in [2.05, 4.69) is 0 Å². The molecule has 0 saturated carbocycles. The molecule has 4 heteroatoms. The van der Waals surface area contributed by atoms with Crippen molar-refractivity contribution in [2.24, 2.45) is 11.5 Å². The fourth-order valence-electron chi connectivity index (χ4n) is 1.63. The van der Waals surface area contributed by atoms with Crippen LogP contribution < -0.4 is 11.5 Å². The average molecular weight is 210 g/mol. The smallest absolute Gasteiger partial charge is 0.0924 e. The Labute approximate surface area is 89.5 Å². The van der Waals surface area contributed by atoms with Crippen LogP contribution in [0.1, 0.15) is 17.5 Å². The molecule has 0 aromatic heterocycles. The summed E-state index contributed by atoms with van der Waals surface area (Å²) in [5.41, 5.74) is 12.5. The van der Waals surface area contributed by atoms with E-state index in [0.717, 1.165) is 11.1 Å². The molecule has 0 atom stereocenters. The molecular weight excluding hydrogens is 192 g/mol. The van der Waals surface area contributed by atoms with Crippen molar-refractivity contribution in [2.45, 2.75) is 18.5 Å². The van der Waals surface area contributed by atoms with Crippen molar-refractivity contribution in [3.63, 3.8) is 0 Å². The highest BCUT2D eigenvalue weighted by Gasteiger charge is 2.23. The summed E-state index contributed by atoms with van der Waals surface area (Å²) in [5.74, 6) is 0. The Morgan fingerprint density at radius 1 is 1.07 bits per heavy atom. The van der Waals surface area contributed by atoms with Crippen molar-refractivity contribution >= 4 is 0 Å². The largest absolute Gasteiger partial charge is 0.396 e. The number of hydrogen-bond donors (Lipinski definition) is 4. The fourth-order valence-corrected chi connectivity index (χ4v) is 1.63. The predicted molar refractivity (Wildman–Crippen MR) is 59.0 cm³/mol. The van der Waals surface area contributed by atoms with Crippen LogP contribution in [0.5, 0.6) is 0 Å². The van der Waals surface area contributed by atoms with Crippen LogP contribution in [-0.2, 0) is 12.1 Å². The van der Waals surface area contributed by atoms with Crippen molar-refractivity contribution in [3.05, 3.63) is 35.4 Å². The first kappa shape index (κ1) is 12.1. The number of rotatable bonds is 5. The van der Waals surface area contributed by atoms with Gasteiger partial charge in [0.15, 0.2) is 0 Å². The molecule has 0 radical (unpaired) electrons. The Hall–Kier alpha value is -0.940. The van der Waals surface area contributed by atoms with Crippen molar-refractivity contribution < 1.29 is 10.2 Å². The summed E-state index contributed by atoms with van der Waals surface area (Å²) in [7, 11) is 0. The monoisotopic (exact) mass is 210 g/mol. The van der Waals surface area contributed by atoms with Crippen LogP contribution in [0.3, 0.4) is 0 Å². The highest BCUT2D eigenvalue weighted by Crippen LogP contribution is 2.20. The molecular formula is C11H18N2O2. The maximum absolute atomic E-state index is 8.91. The lowest BCUT2D eigenvalue weighted by atomic mass is 9.92.